The third kappa shape index (κ3) is 5.82. The molecule has 142 valence electrons. The van der Waals surface area contributed by atoms with Crippen molar-refractivity contribution in [2.45, 2.75) is 31.7 Å². The van der Waals surface area contributed by atoms with E-state index in [4.69, 9.17) is 0 Å². The normalized spacial score (nSPS) is 14.7. The van der Waals surface area contributed by atoms with Crippen LogP contribution >= 0.6 is 15.9 Å². The van der Waals surface area contributed by atoms with Gasteiger partial charge in [0.2, 0.25) is 5.91 Å². The van der Waals surface area contributed by atoms with Crippen molar-refractivity contribution in [3.8, 4) is 0 Å². The average molecular weight is 430 g/mol. The van der Waals surface area contributed by atoms with Gasteiger partial charge in [0.15, 0.2) is 0 Å². The molecule has 2 aromatic rings. The quantitative estimate of drug-likeness (QED) is 0.600. The zero-order valence-corrected chi connectivity index (χ0v) is 16.7. The van der Waals surface area contributed by atoms with E-state index in [1.54, 1.807) is 0 Å². The van der Waals surface area contributed by atoms with Crippen molar-refractivity contribution in [2.75, 3.05) is 11.9 Å². The molecule has 0 radical (unpaired) electrons. The minimum atomic E-state index is -0.308. The van der Waals surface area contributed by atoms with Crippen molar-refractivity contribution >= 4 is 33.6 Å². The van der Waals surface area contributed by atoms with Gasteiger partial charge in [0, 0.05) is 23.1 Å². The summed E-state index contributed by atoms with van der Waals surface area (Å²) in [5, 5.41) is 8.61. The van der Waals surface area contributed by atoms with Crippen LogP contribution in [0.1, 0.15) is 37.3 Å². The molecule has 27 heavy (non-hydrogen) atoms. The number of benzene rings is 2. The Kier molecular flexibility index (Phi) is 6.87. The van der Waals surface area contributed by atoms with Crippen molar-refractivity contribution in [3.63, 3.8) is 0 Å². The maximum atomic E-state index is 12.4. The molecule has 3 rings (SSSR count). The smallest absolute Gasteiger partial charge is 0.319 e. The molecule has 1 aliphatic rings. The van der Waals surface area contributed by atoms with E-state index in [2.05, 4.69) is 44.0 Å². The van der Waals surface area contributed by atoms with Crippen LogP contribution in [0.3, 0.4) is 0 Å². The van der Waals surface area contributed by atoms with Gasteiger partial charge in [-0.3, -0.25) is 4.79 Å². The first-order valence-electron chi connectivity index (χ1n) is 9.26. The largest absolute Gasteiger partial charge is 0.349 e. The highest BCUT2D eigenvalue weighted by Gasteiger charge is 2.29. The van der Waals surface area contributed by atoms with Gasteiger partial charge in [-0.15, -0.1) is 0 Å². The van der Waals surface area contributed by atoms with E-state index in [0.717, 1.165) is 28.6 Å². The number of hydrogen-bond acceptors (Lipinski definition) is 2. The topological polar surface area (TPSA) is 70.2 Å². The highest BCUT2D eigenvalue weighted by atomic mass is 79.9. The lowest BCUT2D eigenvalue weighted by Gasteiger charge is -2.34. The number of halogens is 1. The number of anilines is 1. The maximum absolute atomic E-state index is 12.4. The standard InChI is InChI=1S/C21H24BrN3O2/c22-17-11-9-16(10-12-17)20(15-5-4-6-15)25-19(26)13-14-23-21(27)24-18-7-2-1-3-8-18/h1-3,7-12,15,20H,4-6,13-14H2,(H,25,26)(H2,23,24,27). The van der Waals surface area contributed by atoms with Crippen molar-refractivity contribution in [1.29, 1.82) is 0 Å². The summed E-state index contributed by atoms with van der Waals surface area (Å²) in [5.41, 5.74) is 1.85. The van der Waals surface area contributed by atoms with E-state index in [1.165, 1.54) is 6.42 Å². The number of urea groups is 1. The molecule has 2 aromatic carbocycles. The third-order valence-corrected chi connectivity index (χ3v) is 5.36. The van der Waals surface area contributed by atoms with E-state index >= 15 is 0 Å². The van der Waals surface area contributed by atoms with E-state index < -0.39 is 0 Å². The average Bonchev–Trinajstić information content (AvgIpc) is 2.61. The van der Waals surface area contributed by atoms with Crippen LogP contribution in [-0.4, -0.2) is 18.5 Å². The Labute approximate surface area is 168 Å². The van der Waals surface area contributed by atoms with Crippen LogP contribution in [0, 0.1) is 5.92 Å². The minimum absolute atomic E-state index is 0.0393. The molecule has 0 bridgehead atoms. The first-order chi connectivity index (χ1) is 13.1. The van der Waals surface area contributed by atoms with Crippen molar-refractivity contribution < 1.29 is 9.59 Å². The summed E-state index contributed by atoms with van der Waals surface area (Å²) >= 11 is 3.45. The summed E-state index contributed by atoms with van der Waals surface area (Å²) in [6.45, 7) is 0.294. The summed E-state index contributed by atoms with van der Waals surface area (Å²) in [6, 6.07) is 17.1. The summed E-state index contributed by atoms with van der Waals surface area (Å²) in [4.78, 5) is 24.3. The fourth-order valence-electron chi connectivity index (χ4n) is 3.15. The van der Waals surface area contributed by atoms with Crippen LogP contribution in [0.15, 0.2) is 59.1 Å². The molecule has 3 amide bonds. The van der Waals surface area contributed by atoms with Crippen molar-refractivity contribution in [3.05, 3.63) is 64.6 Å². The zero-order chi connectivity index (χ0) is 19.1. The molecule has 5 nitrogen and oxygen atoms in total. The molecule has 0 heterocycles. The zero-order valence-electron chi connectivity index (χ0n) is 15.1. The summed E-state index contributed by atoms with van der Waals surface area (Å²) < 4.78 is 1.03. The SMILES string of the molecule is O=C(CCNC(=O)Nc1ccccc1)NC(c1ccc(Br)cc1)C1CCC1. The molecule has 0 spiro atoms. The maximum Gasteiger partial charge on any atom is 0.319 e. The Morgan fingerprint density at radius 2 is 1.74 bits per heavy atom. The molecule has 0 aliphatic heterocycles. The fraction of sp³-hybridized carbons (Fsp3) is 0.333. The van der Waals surface area contributed by atoms with Gasteiger partial charge in [0.1, 0.15) is 0 Å². The Morgan fingerprint density at radius 1 is 1.04 bits per heavy atom. The predicted molar refractivity (Wildman–Crippen MR) is 110 cm³/mol. The van der Waals surface area contributed by atoms with Crippen LogP contribution in [0.2, 0.25) is 0 Å². The van der Waals surface area contributed by atoms with Crippen molar-refractivity contribution in [2.24, 2.45) is 5.92 Å². The molecule has 0 aromatic heterocycles. The summed E-state index contributed by atoms with van der Waals surface area (Å²) in [6.07, 6.45) is 3.74. The predicted octanol–water partition coefficient (Wildman–Crippen LogP) is 4.62. The number of rotatable bonds is 7. The van der Waals surface area contributed by atoms with Crippen LogP contribution in [0.25, 0.3) is 0 Å². The first kappa shape index (κ1) is 19.4. The van der Waals surface area contributed by atoms with Crippen LogP contribution in [0.5, 0.6) is 0 Å². The minimum Gasteiger partial charge on any atom is -0.349 e. The lowest BCUT2D eigenvalue weighted by molar-refractivity contribution is -0.122. The van der Waals surface area contributed by atoms with Gasteiger partial charge in [-0.2, -0.15) is 0 Å². The molecule has 1 aliphatic carbocycles. The molecule has 0 saturated heterocycles. The van der Waals surface area contributed by atoms with E-state index in [-0.39, 0.29) is 24.4 Å². The van der Waals surface area contributed by atoms with Gasteiger partial charge in [-0.05, 0) is 48.6 Å². The van der Waals surface area contributed by atoms with E-state index in [0.29, 0.717) is 12.5 Å². The molecule has 3 N–H and O–H groups in total. The van der Waals surface area contributed by atoms with Gasteiger partial charge in [-0.1, -0.05) is 52.7 Å². The molecule has 1 fully saturated rings. The van der Waals surface area contributed by atoms with Crippen LogP contribution in [-0.2, 0) is 4.79 Å². The second-order valence-corrected chi connectivity index (χ2v) is 7.70. The van der Waals surface area contributed by atoms with Crippen molar-refractivity contribution in [1.82, 2.24) is 10.6 Å². The second kappa shape index (κ2) is 9.55. The second-order valence-electron chi connectivity index (χ2n) is 6.78. The number of amides is 3. The van der Waals surface area contributed by atoms with Crippen LogP contribution < -0.4 is 16.0 Å². The van der Waals surface area contributed by atoms with E-state index in [1.807, 2.05) is 42.5 Å². The van der Waals surface area contributed by atoms with Gasteiger partial charge >= 0.3 is 6.03 Å². The first-order valence-corrected chi connectivity index (χ1v) is 10.1. The number of nitrogens with one attached hydrogen (secondary N) is 3. The number of hydrogen-bond donors (Lipinski definition) is 3. The molecular weight excluding hydrogens is 406 g/mol. The monoisotopic (exact) mass is 429 g/mol. The Hall–Kier alpha value is -2.34. The Morgan fingerprint density at radius 3 is 2.37 bits per heavy atom. The van der Waals surface area contributed by atoms with Gasteiger partial charge in [-0.25, -0.2) is 4.79 Å². The molecule has 1 atom stereocenters. The number of para-hydroxylation sites is 1. The van der Waals surface area contributed by atoms with Gasteiger partial charge in [0.05, 0.1) is 6.04 Å². The van der Waals surface area contributed by atoms with Crippen LogP contribution in [0.4, 0.5) is 10.5 Å². The molecule has 1 saturated carbocycles. The highest BCUT2D eigenvalue weighted by molar-refractivity contribution is 9.10. The highest BCUT2D eigenvalue weighted by Crippen LogP contribution is 2.38. The fourth-order valence-corrected chi connectivity index (χ4v) is 3.41. The Balaban J connectivity index is 1.46. The Bertz CT molecular complexity index is 761. The lowest BCUT2D eigenvalue weighted by atomic mass is 9.77. The summed E-state index contributed by atoms with van der Waals surface area (Å²) in [5.74, 6) is 0.444. The molecule has 6 heteroatoms. The lowest BCUT2D eigenvalue weighted by Crippen LogP contribution is -2.38. The number of carbonyl (C=O) groups excluding carboxylic acids is 2. The van der Waals surface area contributed by atoms with E-state index in [9.17, 15) is 9.59 Å². The molecular formula is C21H24BrN3O2. The molecule has 1 unspecified atom stereocenters. The number of carbonyl (C=O) groups is 2. The van der Waals surface area contributed by atoms with Gasteiger partial charge in [0.25, 0.3) is 0 Å². The summed E-state index contributed by atoms with van der Waals surface area (Å²) in [7, 11) is 0. The van der Waals surface area contributed by atoms with Gasteiger partial charge < -0.3 is 16.0 Å². The third-order valence-electron chi connectivity index (χ3n) is 4.84.